The molecule has 0 saturated heterocycles. The first-order valence-electron chi connectivity index (χ1n) is 6.89. The molecule has 0 aromatic carbocycles. The number of methoxy groups -OCH3 is 1. The first-order chi connectivity index (χ1) is 8.29. The van der Waals surface area contributed by atoms with E-state index >= 15 is 0 Å². The molecule has 0 heterocycles. The van der Waals surface area contributed by atoms with Gasteiger partial charge in [-0.1, -0.05) is 26.2 Å². The second-order valence-corrected chi connectivity index (χ2v) is 6.59. The highest BCUT2D eigenvalue weighted by Gasteiger charge is 2.27. The van der Waals surface area contributed by atoms with Crippen LogP contribution in [0, 0.1) is 0 Å². The van der Waals surface area contributed by atoms with E-state index in [2.05, 4.69) is 12.2 Å². The Hall–Kier alpha value is 0.0700. The van der Waals surface area contributed by atoms with Gasteiger partial charge >= 0.3 is 0 Å². The third-order valence-electron chi connectivity index (χ3n) is 3.44. The van der Waals surface area contributed by atoms with E-state index in [1.807, 2.05) is 0 Å². The van der Waals surface area contributed by atoms with E-state index in [9.17, 15) is 4.21 Å². The summed E-state index contributed by atoms with van der Waals surface area (Å²) < 4.78 is 17.3. The zero-order valence-electron chi connectivity index (χ0n) is 11.2. The van der Waals surface area contributed by atoms with E-state index in [1.165, 1.54) is 25.7 Å². The highest BCUT2D eigenvalue weighted by atomic mass is 32.2. The molecule has 0 bridgehead atoms. The van der Waals surface area contributed by atoms with Gasteiger partial charge in [0.1, 0.15) is 0 Å². The van der Waals surface area contributed by atoms with E-state index in [1.54, 1.807) is 7.11 Å². The van der Waals surface area contributed by atoms with Gasteiger partial charge in [0.25, 0.3) is 0 Å². The van der Waals surface area contributed by atoms with Crippen molar-refractivity contribution in [2.45, 2.75) is 56.7 Å². The summed E-state index contributed by atoms with van der Waals surface area (Å²) in [4.78, 5) is 0. The molecule has 0 aromatic rings. The van der Waals surface area contributed by atoms with Gasteiger partial charge in [0.2, 0.25) is 0 Å². The molecule has 1 N–H and O–H groups in total. The van der Waals surface area contributed by atoms with Gasteiger partial charge in [0, 0.05) is 29.7 Å². The third-order valence-corrected chi connectivity index (χ3v) is 5.24. The van der Waals surface area contributed by atoms with Crippen molar-refractivity contribution in [1.29, 1.82) is 0 Å². The summed E-state index contributed by atoms with van der Waals surface area (Å²) in [6.07, 6.45) is 7.24. The Labute approximate surface area is 108 Å². The minimum atomic E-state index is -0.738. The summed E-state index contributed by atoms with van der Waals surface area (Å²) in [5.41, 5.74) is 0. The first-order valence-corrected chi connectivity index (χ1v) is 8.27. The predicted molar refractivity (Wildman–Crippen MR) is 73.8 cm³/mol. The van der Waals surface area contributed by atoms with Crippen LogP contribution in [0.25, 0.3) is 0 Å². The molecule has 1 fully saturated rings. The van der Waals surface area contributed by atoms with Crippen LogP contribution >= 0.6 is 0 Å². The number of hydrogen-bond donors (Lipinski definition) is 1. The normalized spacial score (nSPS) is 27.6. The maximum Gasteiger partial charge on any atom is 0.0577 e. The molecule has 0 aromatic heterocycles. The zero-order valence-corrected chi connectivity index (χ0v) is 12.1. The second-order valence-electron chi connectivity index (χ2n) is 4.81. The molecule has 3 atom stereocenters. The molecule has 0 spiro atoms. The van der Waals surface area contributed by atoms with Gasteiger partial charge in [0.15, 0.2) is 0 Å². The lowest BCUT2D eigenvalue weighted by Gasteiger charge is -2.25. The summed E-state index contributed by atoms with van der Waals surface area (Å²) in [7, 11) is 0.939. The van der Waals surface area contributed by atoms with Crippen LogP contribution in [-0.4, -0.2) is 41.5 Å². The smallest absolute Gasteiger partial charge is 0.0577 e. The van der Waals surface area contributed by atoms with Gasteiger partial charge in [-0.15, -0.1) is 0 Å². The Morgan fingerprint density at radius 1 is 1.29 bits per heavy atom. The molecular weight excluding hydrogens is 234 g/mol. The van der Waals surface area contributed by atoms with E-state index in [4.69, 9.17) is 4.74 Å². The zero-order chi connectivity index (χ0) is 12.5. The lowest BCUT2D eigenvalue weighted by atomic mass is 10.1. The van der Waals surface area contributed by atoms with Crippen LogP contribution in [0.2, 0.25) is 0 Å². The van der Waals surface area contributed by atoms with Crippen LogP contribution in [0.1, 0.15) is 45.4 Å². The number of nitrogens with one attached hydrogen (secondary N) is 1. The second kappa shape index (κ2) is 9.06. The van der Waals surface area contributed by atoms with Gasteiger partial charge in [-0.2, -0.15) is 0 Å². The Kier molecular flexibility index (Phi) is 8.06. The van der Waals surface area contributed by atoms with E-state index in [-0.39, 0.29) is 0 Å². The number of hydrogen-bond acceptors (Lipinski definition) is 3. The molecule has 17 heavy (non-hydrogen) atoms. The van der Waals surface area contributed by atoms with Crippen molar-refractivity contribution in [3.05, 3.63) is 0 Å². The summed E-state index contributed by atoms with van der Waals surface area (Å²) in [5.74, 6) is 0.686. The van der Waals surface area contributed by atoms with Crippen molar-refractivity contribution in [2.24, 2.45) is 0 Å². The maximum absolute atomic E-state index is 12.3. The fourth-order valence-corrected chi connectivity index (χ4v) is 4.13. The average Bonchev–Trinajstić information content (AvgIpc) is 2.58. The highest BCUT2D eigenvalue weighted by molar-refractivity contribution is 7.85. The molecule has 102 valence electrons. The summed E-state index contributed by atoms with van der Waals surface area (Å²) in [5, 5.41) is 3.92. The minimum Gasteiger partial charge on any atom is -0.384 e. The van der Waals surface area contributed by atoms with Crippen molar-refractivity contribution in [3.8, 4) is 0 Å². The topological polar surface area (TPSA) is 38.3 Å². The average molecular weight is 261 g/mol. The molecule has 3 unspecified atom stereocenters. The molecule has 1 rings (SSSR count). The molecule has 1 aliphatic rings. The van der Waals surface area contributed by atoms with Crippen molar-refractivity contribution in [2.75, 3.05) is 26.0 Å². The minimum absolute atomic E-state index is 0.333. The van der Waals surface area contributed by atoms with Crippen LogP contribution in [0.4, 0.5) is 0 Å². The molecule has 0 radical (unpaired) electrons. The molecule has 1 aliphatic carbocycles. The van der Waals surface area contributed by atoms with Crippen molar-refractivity contribution >= 4 is 10.8 Å². The largest absolute Gasteiger partial charge is 0.384 e. The summed E-state index contributed by atoms with van der Waals surface area (Å²) in [6.45, 7) is 3.84. The number of rotatable bonds is 7. The third kappa shape index (κ3) is 5.49. The van der Waals surface area contributed by atoms with Gasteiger partial charge in [-0.25, -0.2) is 0 Å². The predicted octanol–water partition coefficient (Wildman–Crippen LogP) is 2.08. The lowest BCUT2D eigenvalue weighted by Crippen LogP contribution is -2.42. The van der Waals surface area contributed by atoms with Gasteiger partial charge in [-0.3, -0.25) is 4.21 Å². The molecule has 1 saturated carbocycles. The van der Waals surface area contributed by atoms with Gasteiger partial charge in [-0.05, 0) is 25.8 Å². The molecule has 0 aliphatic heterocycles. The van der Waals surface area contributed by atoms with Crippen LogP contribution in [-0.2, 0) is 15.5 Å². The van der Waals surface area contributed by atoms with Gasteiger partial charge in [0.05, 0.1) is 11.9 Å². The summed E-state index contributed by atoms with van der Waals surface area (Å²) in [6, 6.07) is 0.454. The van der Waals surface area contributed by atoms with E-state index in [0.29, 0.717) is 23.7 Å². The maximum atomic E-state index is 12.3. The van der Waals surface area contributed by atoms with Crippen LogP contribution in [0.15, 0.2) is 0 Å². The van der Waals surface area contributed by atoms with E-state index in [0.717, 1.165) is 19.4 Å². The SMILES string of the molecule is CCCNC1CCCCCC1S(=O)CCOC. The fourth-order valence-electron chi connectivity index (χ4n) is 2.47. The van der Waals surface area contributed by atoms with Crippen molar-refractivity contribution in [1.82, 2.24) is 5.32 Å². The fraction of sp³-hybridized carbons (Fsp3) is 1.00. The highest BCUT2D eigenvalue weighted by Crippen LogP contribution is 2.22. The standard InChI is InChI=1S/C13H27NO2S/c1-3-9-14-12-7-5-4-6-8-13(12)17(15)11-10-16-2/h12-14H,3-11H2,1-2H3. The summed E-state index contributed by atoms with van der Waals surface area (Å²) >= 11 is 0. The van der Waals surface area contributed by atoms with Crippen LogP contribution in [0.5, 0.6) is 0 Å². The Bertz CT molecular complexity index is 223. The van der Waals surface area contributed by atoms with Crippen LogP contribution < -0.4 is 5.32 Å². The van der Waals surface area contributed by atoms with E-state index < -0.39 is 10.8 Å². The monoisotopic (exact) mass is 261 g/mol. The Morgan fingerprint density at radius 2 is 2.06 bits per heavy atom. The molecule has 0 amide bonds. The Balaban J connectivity index is 2.51. The quantitative estimate of drug-likeness (QED) is 0.713. The molecule has 4 heteroatoms. The van der Waals surface area contributed by atoms with Crippen molar-refractivity contribution in [3.63, 3.8) is 0 Å². The van der Waals surface area contributed by atoms with Gasteiger partial charge < -0.3 is 10.1 Å². The van der Waals surface area contributed by atoms with Crippen molar-refractivity contribution < 1.29 is 8.95 Å². The number of ether oxygens (including phenoxy) is 1. The molecular formula is C13H27NO2S. The Morgan fingerprint density at radius 3 is 2.76 bits per heavy atom. The molecule has 3 nitrogen and oxygen atoms in total. The first kappa shape index (κ1) is 15.1. The van der Waals surface area contributed by atoms with Crippen LogP contribution in [0.3, 0.4) is 0 Å². The lowest BCUT2D eigenvalue weighted by molar-refractivity contribution is 0.217.